The maximum Gasteiger partial charge on any atom is 0.00644 e. The van der Waals surface area contributed by atoms with Crippen LogP contribution < -0.4 is 5.32 Å². The summed E-state index contributed by atoms with van der Waals surface area (Å²) in [4.78, 5) is 0. The van der Waals surface area contributed by atoms with Crippen LogP contribution in [0.1, 0.15) is 41.0 Å². The molecule has 0 aliphatic heterocycles. The van der Waals surface area contributed by atoms with E-state index in [-0.39, 0.29) is 0 Å². The van der Waals surface area contributed by atoms with Crippen LogP contribution in [0.4, 0.5) is 0 Å². The van der Waals surface area contributed by atoms with E-state index < -0.39 is 0 Å². The number of allylic oxidation sites excluding steroid dienone is 2. The van der Waals surface area contributed by atoms with E-state index in [4.69, 9.17) is 0 Å². The van der Waals surface area contributed by atoms with Gasteiger partial charge in [0.15, 0.2) is 0 Å². The highest BCUT2D eigenvalue weighted by atomic mass is 14.9. The summed E-state index contributed by atoms with van der Waals surface area (Å²) in [7, 11) is 2.03. The second-order valence-corrected chi connectivity index (χ2v) is 4.04. The van der Waals surface area contributed by atoms with Crippen molar-refractivity contribution in [3.63, 3.8) is 0 Å². The molecule has 0 amide bonds. The van der Waals surface area contributed by atoms with E-state index in [0.717, 1.165) is 5.92 Å². The van der Waals surface area contributed by atoms with E-state index in [2.05, 4.69) is 39.9 Å². The van der Waals surface area contributed by atoms with Gasteiger partial charge in [0.2, 0.25) is 0 Å². The van der Waals surface area contributed by atoms with Crippen molar-refractivity contribution in [2.24, 2.45) is 5.92 Å². The Labute approximate surface area is 77.2 Å². The predicted molar refractivity (Wildman–Crippen MR) is 56.4 cm³/mol. The molecular weight excluding hydrogens is 146 g/mol. The Morgan fingerprint density at radius 1 is 1.17 bits per heavy atom. The van der Waals surface area contributed by atoms with Gasteiger partial charge in [-0.05, 0) is 47.1 Å². The molecule has 0 radical (unpaired) electrons. The smallest absolute Gasteiger partial charge is 0.00644 e. The van der Waals surface area contributed by atoms with Gasteiger partial charge in [0, 0.05) is 6.04 Å². The zero-order valence-corrected chi connectivity index (χ0v) is 9.36. The Hall–Kier alpha value is -0.300. The van der Waals surface area contributed by atoms with Crippen molar-refractivity contribution in [1.82, 2.24) is 5.32 Å². The first kappa shape index (κ1) is 11.7. The first-order valence-corrected chi connectivity index (χ1v) is 4.79. The molecule has 0 aromatic rings. The van der Waals surface area contributed by atoms with Crippen LogP contribution in [0, 0.1) is 5.92 Å². The monoisotopic (exact) mass is 169 g/mol. The third-order valence-electron chi connectivity index (χ3n) is 2.79. The standard InChI is InChI=1S/C11H23N/c1-8(2)9(3)7-10(4)11(5)12-6/h10-12H,7H2,1-6H3. The van der Waals surface area contributed by atoms with Crippen LogP contribution in [0.5, 0.6) is 0 Å². The van der Waals surface area contributed by atoms with Gasteiger partial charge >= 0.3 is 0 Å². The molecule has 2 unspecified atom stereocenters. The third kappa shape index (κ3) is 3.91. The lowest BCUT2D eigenvalue weighted by atomic mass is 9.94. The molecule has 12 heavy (non-hydrogen) atoms. The van der Waals surface area contributed by atoms with E-state index in [1.54, 1.807) is 0 Å². The first-order chi connectivity index (χ1) is 5.49. The molecule has 0 aromatic carbocycles. The fraction of sp³-hybridized carbons (Fsp3) is 0.818. The van der Waals surface area contributed by atoms with Crippen molar-refractivity contribution >= 4 is 0 Å². The van der Waals surface area contributed by atoms with Gasteiger partial charge in [0.05, 0.1) is 0 Å². The lowest BCUT2D eigenvalue weighted by Crippen LogP contribution is -2.28. The zero-order valence-electron chi connectivity index (χ0n) is 9.36. The molecule has 1 N–H and O–H groups in total. The highest BCUT2D eigenvalue weighted by Gasteiger charge is 2.10. The Bertz CT molecular complexity index is 154. The summed E-state index contributed by atoms with van der Waals surface area (Å²) in [6.07, 6.45) is 1.21. The largest absolute Gasteiger partial charge is 0.317 e. The highest BCUT2D eigenvalue weighted by molar-refractivity contribution is 5.07. The molecule has 0 rings (SSSR count). The summed E-state index contributed by atoms with van der Waals surface area (Å²) in [6.45, 7) is 11.1. The summed E-state index contributed by atoms with van der Waals surface area (Å²) in [6, 6.07) is 0.610. The van der Waals surface area contributed by atoms with Crippen LogP contribution in [0.15, 0.2) is 11.1 Å². The fourth-order valence-electron chi connectivity index (χ4n) is 1.15. The van der Waals surface area contributed by atoms with Gasteiger partial charge in [0.25, 0.3) is 0 Å². The molecule has 0 spiro atoms. The number of rotatable bonds is 4. The van der Waals surface area contributed by atoms with Crippen LogP contribution in [-0.4, -0.2) is 13.1 Å². The normalized spacial score (nSPS) is 15.5. The van der Waals surface area contributed by atoms with Crippen molar-refractivity contribution < 1.29 is 0 Å². The molecule has 0 aliphatic carbocycles. The average molecular weight is 169 g/mol. The quantitative estimate of drug-likeness (QED) is 0.638. The minimum absolute atomic E-state index is 0.610. The Kier molecular flexibility index (Phi) is 5.23. The molecular formula is C11H23N. The minimum Gasteiger partial charge on any atom is -0.317 e. The molecule has 0 aromatic heterocycles. The van der Waals surface area contributed by atoms with Gasteiger partial charge in [0.1, 0.15) is 0 Å². The van der Waals surface area contributed by atoms with Gasteiger partial charge in [-0.1, -0.05) is 18.1 Å². The van der Waals surface area contributed by atoms with Gasteiger partial charge in [-0.25, -0.2) is 0 Å². The summed E-state index contributed by atoms with van der Waals surface area (Å²) < 4.78 is 0. The van der Waals surface area contributed by atoms with Crippen LogP contribution in [0.3, 0.4) is 0 Å². The molecule has 1 nitrogen and oxygen atoms in total. The average Bonchev–Trinajstić information content (AvgIpc) is 2.02. The van der Waals surface area contributed by atoms with Gasteiger partial charge in [-0.2, -0.15) is 0 Å². The first-order valence-electron chi connectivity index (χ1n) is 4.79. The molecule has 0 aliphatic rings. The molecule has 2 atom stereocenters. The van der Waals surface area contributed by atoms with Gasteiger partial charge in [-0.15, -0.1) is 0 Å². The molecule has 1 heteroatoms. The summed E-state index contributed by atoms with van der Waals surface area (Å²) in [5, 5.41) is 3.29. The maximum atomic E-state index is 3.29. The fourth-order valence-corrected chi connectivity index (χ4v) is 1.15. The molecule has 0 saturated heterocycles. The van der Waals surface area contributed by atoms with E-state index in [1.807, 2.05) is 7.05 Å². The van der Waals surface area contributed by atoms with Crippen LogP contribution in [-0.2, 0) is 0 Å². The van der Waals surface area contributed by atoms with Crippen molar-refractivity contribution in [2.75, 3.05) is 7.05 Å². The number of hydrogen-bond donors (Lipinski definition) is 1. The molecule has 0 saturated carbocycles. The molecule has 0 heterocycles. The lowest BCUT2D eigenvalue weighted by molar-refractivity contribution is 0.422. The predicted octanol–water partition coefficient (Wildman–Crippen LogP) is 2.98. The molecule has 72 valence electrons. The van der Waals surface area contributed by atoms with Crippen LogP contribution in [0.2, 0.25) is 0 Å². The van der Waals surface area contributed by atoms with E-state index >= 15 is 0 Å². The Morgan fingerprint density at radius 2 is 1.67 bits per heavy atom. The van der Waals surface area contributed by atoms with E-state index in [0.29, 0.717) is 6.04 Å². The third-order valence-corrected chi connectivity index (χ3v) is 2.79. The summed E-state index contributed by atoms with van der Waals surface area (Å²) in [5.74, 6) is 0.727. The van der Waals surface area contributed by atoms with Gasteiger partial charge < -0.3 is 5.32 Å². The zero-order chi connectivity index (χ0) is 9.72. The second kappa shape index (κ2) is 5.36. The van der Waals surface area contributed by atoms with Crippen molar-refractivity contribution in [3.05, 3.63) is 11.1 Å². The number of nitrogens with one attached hydrogen (secondary N) is 1. The Balaban J connectivity index is 4.01. The maximum absolute atomic E-state index is 3.29. The summed E-state index contributed by atoms with van der Waals surface area (Å²) >= 11 is 0. The van der Waals surface area contributed by atoms with E-state index in [1.165, 1.54) is 17.6 Å². The van der Waals surface area contributed by atoms with Crippen molar-refractivity contribution in [1.29, 1.82) is 0 Å². The van der Waals surface area contributed by atoms with Gasteiger partial charge in [-0.3, -0.25) is 0 Å². The van der Waals surface area contributed by atoms with Crippen LogP contribution in [0.25, 0.3) is 0 Å². The molecule has 0 bridgehead atoms. The second-order valence-electron chi connectivity index (χ2n) is 4.04. The SMILES string of the molecule is CNC(C)C(C)CC(C)=C(C)C. The number of hydrogen-bond acceptors (Lipinski definition) is 1. The summed E-state index contributed by atoms with van der Waals surface area (Å²) in [5.41, 5.74) is 3.00. The van der Waals surface area contributed by atoms with E-state index in [9.17, 15) is 0 Å². The van der Waals surface area contributed by atoms with Crippen molar-refractivity contribution in [3.8, 4) is 0 Å². The highest BCUT2D eigenvalue weighted by Crippen LogP contribution is 2.16. The minimum atomic E-state index is 0.610. The molecule has 0 fully saturated rings. The van der Waals surface area contributed by atoms with Crippen molar-refractivity contribution in [2.45, 2.75) is 47.1 Å². The lowest BCUT2D eigenvalue weighted by Gasteiger charge is -2.20. The Morgan fingerprint density at radius 3 is 2.00 bits per heavy atom. The van der Waals surface area contributed by atoms with Crippen LogP contribution >= 0.6 is 0 Å². The topological polar surface area (TPSA) is 12.0 Å².